The molecule has 172 valence electrons. The molecule has 1 heterocycles. The van der Waals surface area contributed by atoms with Crippen LogP contribution in [0.2, 0.25) is 0 Å². The van der Waals surface area contributed by atoms with E-state index in [4.69, 9.17) is 32.6 Å². The van der Waals surface area contributed by atoms with Gasteiger partial charge in [0.15, 0.2) is 6.10 Å². The third kappa shape index (κ3) is 52.5. The first-order valence-corrected chi connectivity index (χ1v) is 8.04. The molecule has 1 rings (SSSR count). The van der Waals surface area contributed by atoms with Crippen LogP contribution in [0, 0.1) is 51.7 Å². The SMILES string of the molecule is C=CCC/C=C1\CCCC(C#CCCCC)O1.[C-]#[O+].[C-]#[O+].[C-]#[O+].[C-]#[O+].[C-]#[O+].[C-]#[O+].[Co].[Co]. The van der Waals surface area contributed by atoms with Crippen molar-refractivity contribution in [2.45, 2.75) is 64.4 Å². The van der Waals surface area contributed by atoms with Gasteiger partial charge < -0.3 is 4.74 Å². The molecule has 0 aliphatic carbocycles. The van der Waals surface area contributed by atoms with Crippen molar-refractivity contribution in [3.05, 3.63) is 64.4 Å². The Bertz CT molecular complexity index is 501. The summed E-state index contributed by atoms with van der Waals surface area (Å²) in [6.45, 7) is 32.9. The Morgan fingerprint density at radius 1 is 0.935 bits per heavy atom. The van der Waals surface area contributed by atoms with Crippen LogP contribution in [-0.2, 0) is 66.2 Å². The smallest absolute Gasteiger partial charge is 0 e. The van der Waals surface area contributed by atoms with Crippen molar-refractivity contribution >= 4 is 0 Å². The zero-order valence-electron chi connectivity index (χ0n) is 17.1. The first kappa shape index (κ1) is 51.7. The van der Waals surface area contributed by atoms with Crippen molar-refractivity contribution in [3.63, 3.8) is 0 Å². The summed E-state index contributed by atoms with van der Waals surface area (Å²) in [5.41, 5.74) is 0. The molecular formula is C22H24Co2O7. The minimum absolute atomic E-state index is 0. The van der Waals surface area contributed by atoms with Crippen molar-refractivity contribution in [1.29, 1.82) is 0 Å². The average molecular weight is 518 g/mol. The van der Waals surface area contributed by atoms with E-state index in [1.165, 1.54) is 19.3 Å². The van der Waals surface area contributed by atoms with Gasteiger partial charge in [0.05, 0.1) is 5.76 Å². The van der Waals surface area contributed by atoms with Gasteiger partial charge in [0.1, 0.15) is 0 Å². The van der Waals surface area contributed by atoms with Crippen molar-refractivity contribution < 1.29 is 66.2 Å². The van der Waals surface area contributed by atoms with Gasteiger partial charge in [0, 0.05) is 46.4 Å². The van der Waals surface area contributed by atoms with E-state index in [1.807, 2.05) is 6.08 Å². The van der Waals surface area contributed by atoms with E-state index in [9.17, 15) is 0 Å². The third-order valence-electron chi connectivity index (χ3n) is 2.84. The van der Waals surface area contributed by atoms with E-state index in [1.54, 1.807) is 0 Å². The normalized spacial score (nSPS) is 12.2. The Hall–Kier alpha value is -1.71. The number of rotatable bonds is 5. The molecule has 9 heteroatoms. The quantitative estimate of drug-likeness (QED) is 0.173. The first-order valence-electron chi connectivity index (χ1n) is 8.04. The predicted molar refractivity (Wildman–Crippen MR) is 97.1 cm³/mol. The molecule has 1 saturated heterocycles. The van der Waals surface area contributed by atoms with E-state index in [0.29, 0.717) is 0 Å². The maximum absolute atomic E-state index is 7.50. The molecule has 0 spiro atoms. The zero-order chi connectivity index (χ0) is 24.3. The standard InChI is InChI=1S/C16H24O.6CO.2Co/c1-3-5-7-9-12-16-14-10-13-15(17-16)11-8-6-4-2;6*1-2;;/h4,11,16H,2-3,5-8,10,13-14H2,1H3;;;;;;;;/b15-11+;;;;;;;;. The fourth-order valence-electron chi connectivity index (χ4n) is 1.83. The van der Waals surface area contributed by atoms with Gasteiger partial charge in [-0.1, -0.05) is 31.3 Å². The van der Waals surface area contributed by atoms with Gasteiger partial charge in [-0.3, -0.25) is 0 Å². The predicted octanol–water partition coefficient (Wildman–Crippen LogP) is 4.37. The van der Waals surface area contributed by atoms with Gasteiger partial charge in [0.25, 0.3) is 0 Å². The van der Waals surface area contributed by atoms with Gasteiger partial charge in [0.2, 0.25) is 0 Å². The molecule has 0 saturated carbocycles. The van der Waals surface area contributed by atoms with Gasteiger partial charge in [-0.25, -0.2) is 0 Å². The van der Waals surface area contributed by atoms with E-state index in [2.05, 4.69) is 71.3 Å². The number of hydrogen-bond donors (Lipinski definition) is 0. The Labute approximate surface area is 206 Å². The van der Waals surface area contributed by atoms with Crippen LogP contribution >= 0.6 is 0 Å². The van der Waals surface area contributed by atoms with E-state index >= 15 is 0 Å². The zero-order valence-corrected chi connectivity index (χ0v) is 19.2. The molecule has 1 atom stereocenters. The van der Waals surface area contributed by atoms with E-state index in [-0.39, 0.29) is 39.7 Å². The number of allylic oxidation sites excluding steroid dienone is 3. The van der Waals surface area contributed by atoms with Crippen LogP contribution in [-0.4, -0.2) is 6.10 Å². The molecule has 0 bridgehead atoms. The summed E-state index contributed by atoms with van der Waals surface area (Å²) in [5, 5.41) is 0. The summed E-state index contributed by atoms with van der Waals surface area (Å²) in [4.78, 5) is 0. The van der Waals surface area contributed by atoms with Crippen LogP contribution < -0.4 is 0 Å². The van der Waals surface area contributed by atoms with Crippen LogP contribution in [0.15, 0.2) is 24.5 Å². The van der Waals surface area contributed by atoms with E-state index < -0.39 is 0 Å². The maximum Gasteiger partial charge on any atom is 0 e. The Morgan fingerprint density at radius 2 is 1.42 bits per heavy atom. The van der Waals surface area contributed by atoms with Crippen LogP contribution in [0.1, 0.15) is 58.3 Å². The second kappa shape index (κ2) is 70.5. The molecule has 1 aliphatic rings. The average Bonchev–Trinajstić information content (AvgIpc) is 2.85. The molecular weight excluding hydrogens is 494 g/mol. The largest absolute Gasteiger partial charge is 0 e. The summed E-state index contributed by atoms with van der Waals surface area (Å²) in [7, 11) is 0. The fourth-order valence-corrected chi connectivity index (χ4v) is 1.83. The number of ether oxygens (including phenoxy) is 1. The van der Waals surface area contributed by atoms with Crippen LogP contribution in [0.25, 0.3) is 0 Å². The number of unbranched alkanes of at least 4 members (excludes halogenated alkanes) is 3. The number of hydrogen-bond acceptors (Lipinski definition) is 1. The van der Waals surface area contributed by atoms with Crippen molar-refractivity contribution in [1.82, 2.24) is 0 Å². The van der Waals surface area contributed by atoms with Crippen molar-refractivity contribution in [3.8, 4) is 11.8 Å². The topological polar surface area (TPSA) is 129 Å². The fraction of sp³-hybridized carbons (Fsp3) is 0.455. The molecule has 0 aromatic rings. The molecule has 7 nitrogen and oxygen atoms in total. The maximum atomic E-state index is 7.50. The second-order valence-corrected chi connectivity index (χ2v) is 4.46. The van der Waals surface area contributed by atoms with Gasteiger partial charge in [-0.2, -0.15) is 0 Å². The van der Waals surface area contributed by atoms with Crippen molar-refractivity contribution in [2.24, 2.45) is 0 Å². The molecule has 0 N–H and O–H groups in total. The van der Waals surface area contributed by atoms with Gasteiger partial charge >= 0.3 is 67.8 Å². The minimum Gasteiger partial charge on any atom is 0 e. The molecule has 2 radical (unpaired) electrons. The second-order valence-electron chi connectivity index (χ2n) is 4.46. The Morgan fingerprint density at radius 3 is 1.84 bits per heavy atom. The molecule has 1 unspecified atom stereocenters. The van der Waals surface area contributed by atoms with Crippen LogP contribution in [0.4, 0.5) is 0 Å². The summed E-state index contributed by atoms with van der Waals surface area (Å²) >= 11 is 0. The Balaban J connectivity index is -0.0000000545. The van der Waals surface area contributed by atoms with Crippen LogP contribution in [0.5, 0.6) is 0 Å². The monoisotopic (exact) mass is 518 g/mol. The minimum atomic E-state index is 0. The van der Waals surface area contributed by atoms with Gasteiger partial charge in [-0.15, -0.1) is 6.58 Å². The van der Waals surface area contributed by atoms with Crippen LogP contribution in [0.3, 0.4) is 0 Å². The molecule has 1 aliphatic heterocycles. The summed E-state index contributed by atoms with van der Waals surface area (Å²) in [5.74, 6) is 7.60. The van der Waals surface area contributed by atoms with E-state index in [0.717, 1.165) is 37.9 Å². The molecule has 31 heavy (non-hydrogen) atoms. The third-order valence-corrected chi connectivity index (χ3v) is 2.84. The molecule has 0 aromatic carbocycles. The Kier molecular flexibility index (Phi) is 118. The summed E-state index contributed by atoms with van der Waals surface area (Å²) in [6, 6.07) is 0. The summed E-state index contributed by atoms with van der Waals surface area (Å²) in [6.07, 6.45) is 13.1. The van der Waals surface area contributed by atoms with Gasteiger partial charge in [-0.05, 0) is 38.2 Å². The molecule has 0 amide bonds. The first-order chi connectivity index (χ1) is 14.4. The molecule has 0 aromatic heterocycles. The molecule has 1 fully saturated rings. The summed E-state index contributed by atoms with van der Waals surface area (Å²) < 4.78 is 50.9. The van der Waals surface area contributed by atoms with Crippen molar-refractivity contribution in [2.75, 3.05) is 0 Å².